The Morgan fingerprint density at radius 3 is 3.00 bits per heavy atom. The Balaban J connectivity index is 1.73. The zero-order valence-electron chi connectivity index (χ0n) is 11.8. The molecule has 3 heterocycles. The Labute approximate surface area is 119 Å². The zero-order chi connectivity index (χ0) is 13.8. The molecule has 106 valence electrons. The summed E-state index contributed by atoms with van der Waals surface area (Å²) in [6.45, 7) is 5.60. The molecule has 5 heteroatoms. The number of aromatic nitrogens is 3. The van der Waals surface area contributed by atoms with Crippen molar-refractivity contribution in [3.63, 3.8) is 0 Å². The third kappa shape index (κ3) is 2.88. The fraction of sp³-hybridized carbons (Fsp3) is 0.533. The van der Waals surface area contributed by atoms with E-state index in [9.17, 15) is 0 Å². The van der Waals surface area contributed by atoms with E-state index in [2.05, 4.69) is 26.9 Å². The second kappa shape index (κ2) is 6.13. The summed E-state index contributed by atoms with van der Waals surface area (Å²) in [5, 5.41) is 4.10. The topological polar surface area (TPSA) is 55.1 Å². The van der Waals surface area contributed by atoms with E-state index >= 15 is 0 Å². The van der Waals surface area contributed by atoms with Gasteiger partial charge in [-0.3, -0.25) is 4.98 Å². The van der Waals surface area contributed by atoms with Gasteiger partial charge >= 0.3 is 0 Å². The van der Waals surface area contributed by atoms with E-state index < -0.39 is 0 Å². The molecule has 0 N–H and O–H groups in total. The molecular formula is C15H20N4O. The molecule has 1 saturated heterocycles. The number of piperidine rings is 1. The van der Waals surface area contributed by atoms with E-state index in [1.54, 1.807) is 12.4 Å². The predicted molar refractivity (Wildman–Crippen MR) is 76.2 cm³/mol. The first-order valence-electron chi connectivity index (χ1n) is 7.33. The quantitative estimate of drug-likeness (QED) is 0.856. The lowest BCUT2D eigenvalue weighted by atomic mass is 9.98. The average molecular weight is 272 g/mol. The maximum atomic E-state index is 5.48. The Morgan fingerprint density at radius 2 is 2.20 bits per heavy atom. The number of likely N-dealkylation sites (tertiary alicyclic amines) is 1. The van der Waals surface area contributed by atoms with Crippen LogP contribution >= 0.6 is 0 Å². The van der Waals surface area contributed by atoms with Gasteiger partial charge in [-0.1, -0.05) is 12.1 Å². The molecule has 1 atom stereocenters. The van der Waals surface area contributed by atoms with E-state index in [0.717, 1.165) is 31.0 Å². The van der Waals surface area contributed by atoms with Gasteiger partial charge in [0.1, 0.15) is 0 Å². The van der Waals surface area contributed by atoms with Crippen molar-refractivity contribution in [2.75, 3.05) is 19.6 Å². The molecule has 3 rings (SSSR count). The van der Waals surface area contributed by atoms with Crippen LogP contribution in [0.2, 0.25) is 0 Å². The largest absolute Gasteiger partial charge is 0.339 e. The number of nitrogens with zero attached hydrogens (tertiary/aromatic N) is 4. The van der Waals surface area contributed by atoms with Crippen molar-refractivity contribution in [2.24, 2.45) is 0 Å². The van der Waals surface area contributed by atoms with Gasteiger partial charge in [-0.25, -0.2) is 0 Å². The van der Waals surface area contributed by atoms with Gasteiger partial charge in [0.25, 0.3) is 0 Å². The van der Waals surface area contributed by atoms with Crippen molar-refractivity contribution in [2.45, 2.75) is 32.1 Å². The van der Waals surface area contributed by atoms with Crippen molar-refractivity contribution in [1.82, 2.24) is 20.0 Å². The van der Waals surface area contributed by atoms with Crippen LogP contribution in [0.15, 0.2) is 29.0 Å². The van der Waals surface area contributed by atoms with Gasteiger partial charge < -0.3 is 9.42 Å². The van der Waals surface area contributed by atoms with Crippen LogP contribution in [0.25, 0.3) is 11.4 Å². The summed E-state index contributed by atoms with van der Waals surface area (Å²) in [4.78, 5) is 11.1. The molecule has 0 spiro atoms. The molecule has 0 saturated carbocycles. The van der Waals surface area contributed by atoms with Gasteiger partial charge in [-0.05, 0) is 44.5 Å². The highest BCUT2D eigenvalue weighted by molar-refractivity contribution is 5.52. The first kappa shape index (κ1) is 13.2. The molecule has 0 radical (unpaired) electrons. The molecule has 0 amide bonds. The highest BCUT2D eigenvalue weighted by Crippen LogP contribution is 2.27. The predicted octanol–water partition coefficient (Wildman–Crippen LogP) is 2.72. The van der Waals surface area contributed by atoms with E-state index in [4.69, 9.17) is 4.52 Å². The number of hydrogen-bond donors (Lipinski definition) is 0. The first-order valence-corrected chi connectivity index (χ1v) is 7.33. The van der Waals surface area contributed by atoms with Crippen molar-refractivity contribution in [3.8, 4) is 11.4 Å². The average Bonchev–Trinajstić information content (AvgIpc) is 2.99. The van der Waals surface area contributed by atoms with Crippen LogP contribution < -0.4 is 0 Å². The van der Waals surface area contributed by atoms with Crippen molar-refractivity contribution < 1.29 is 4.52 Å². The molecule has 1 unspecified atom stereocenters. The second-order valence-electron chi connectivity index (χ2n) is 5.33. The Kier molecular flexibility index (Phi) is 4.06. The molecule has 20 heavy (non-hydrogen) atoms. The molecule has 0 bridgehead atoms. The van der Waals surface area contributed by atoms with Crippen LogP contribution in [0.4, 0.5) is 0 Å². The van der Waals surface area contributed by atoms with Crippen LogP contribution in [0.3, 0.4) is 0 Å². The summed E-state index contributed by atoms with van der Waals surface area (Å²) in [6.07, 6.45) is 7.03. The van der Waals surface area contributed by atoms with Gasteiger partial charge in [0.2, 0.25) is 11.7 Å². The molecular weight excluding hydrogens is 252 g/mol. The fourth-order valence-electron chi connectivity index (χ4n) is 2.80. The summed E-state index contributed by atoms with van der Waals surface area (Å²) in [6, 6.07) is 3.80. The van der Waals surface area contributed by atoms with Gasteiger partial charge in [0.15, 0.2) is 0 Å². The minimum atomic E-state index is 0.374. The normalized spacial score (nSPS) is 20.1. The molecule has 1 aliphatic heterocycles. The second-order valence-corrected chi connectivity index (χ2v) is 5.33. The van der Waals surface area contributed by atoms with Crippen molar-refractivity contribution in [3.05, 3.63) is 30.4 Å². The smallest absolute Gasteiger partial charge is 0.231 e. The SMILES string of the molecule is CCCN1CCCC(c2nc(-c3ccncc3)no2)C1. The monoisotopic (exact) mass is 272 g/mol. The third-order valence-corrected chi connectivity index (χ3v) is 3.77. The highest BCUT2D eigenvalue weighted by Gasteiger charge is 2.25. The van der Waals surface area contributed by atoms with Gasteiger partial charge in [0.05, 0.1) is 5.92 Å². The third-order valence-electron chi connectivity index (χ3n) is 3.77. The van der Waals surface area contributed by atoms with Gasteiger partial charge in [-0.2, -0.15) is 4.98 Å². The lowest BCUT2D eigenvalue weighted by Gasteiger charge is -2.30. The van der Waals surface area contributed by atoms with Gasteiger partial charge in [-0.15, -0.1) is 0 Å². The van der Waals surface area contributed by atoms with Crippen molar-refractivity contribution >= 4 is 0 Å². The van der Waals surface area contributed by atoms with E-state index in [0.29, 0.717) is 11.7 Å². The van der Waals surface area contributed by atoms with E-state index in [1.165, 1.54) is 19.4 Å². The van der Waals surface area contributed by atoms with Gasteiger partial charge in [0, 0.05) is 24.5 Å². The number of pyridine rings is 1. The Bertz CT molecular complexity index is 538. The zero-order valence-corrected chi connectivity index (χ0v) is 11.8. The molecule has 2 aromatic heterocycles. The Morgan fingerprint density at radius 1 is 1.35 bits per heavy atom. The fourth-order valence-corrected chi connectivity index (χ4v) is 2.80. The van der Waals surface area contributed by atoms with E-state index in [-0.39, 0.29) is 0 Å². The number of rotatable bonds is 4. The molecule has 1 fully saturated rings. The molecule has 1 aliphatic rings. The number of hydrogen-bond acceptors (Lipinski definition) is 5. The Hall–Kier alpha value is -1.75. The summed E-state index contributed by atoms with van der Waals surface area (Å²) in [7, 11) is 0. The summed E-state index contributed by atoms with van der Waals surface area (Å²) in [5.74, 6) is 1.81. The van der Waals surface area contributed by atoms with Crippen LogP contribution in [-0.4, -0.2) is 39.7 Å². The standard InChI is InChI=1S/C15H20N4O/c1-2-9-19-10-3-4-13(11-19)15-17-14(18-20-15)12-5-7-16-8-6-12/h5-8,13H,2-4,9-11H2,1H3. The summed E-state index contributed by atoms with van der Waals surface area (Å²) >= 11 is 0. The summed E-state index contributed by atoms with van der Waals surface area (Å²) in [5.41, 5.74) is 0.955. The van der Waals surface area contributed by atoms with Crippen LogP contribution in [-0.2, 0) is 0 Å². The lowest BCUT2D eigenvalue weighted by molar-refractivity contribution is 0.187. The highest BCUT2D eigenvalue weighted by atomic mass is 16.5. The van der Waals surface area contributed by atoms with Crippen LogP contribution in [0.5, 0.6) is 0 Å². The maximum Gasteiger partial charge on any atom is 0.231 e. The molecule has 5 nitrogen and oxygen atoms in total. The van der Waals surface area contributed by atoms with E-state index in [1.807, 2.05) is 12.1 Å². The first-order chi connectivity index (χ1) is 9.86. The molecule has 2 aromatic rings. The minimum absolute atomic E-state index is 0.374. The maximum absolute atomic E-state index is 5.48. The molecule has 0 aromatic carbocycles. The minimum Gasteiger partial charge on any atom is -0.339 e. The van der Waals surface area contributed by atoms with Crippen LogP contribution in [0, 0.1) is 0 Å². The van der Waals surface area contributed by atoms with Crippen LogP contribution in [0.1, 0.15) is 38.0 Å². The van der Waals surface area contributed by atoms with Crippen molar-refractivity contribution in [1.29, 1.82) is 0 Å². The summed E-state index contributed by atoms with van der Waals surface area (Å²) < 4.78 is 5.48. The molecule has 0 aliphatic carbocycles. The lowest BCUT2D eigenvalue weighted by Crippen LogP contribution is -2.34.